The average Bonchev–Trinajstić information content (AvgIpc) is 3.18. The summed E-state index contributed by atoms with van der Waals surface area (Å²) in [6.07, 6.45) is 12.0. The van der Waals surface area contributed by atoms with Crippen LogP contribution in [0.15, 0.2) is 61.1 Å². The van der Waals surface area contributed by atoms with Gasteiger partial charge in [-0.2, -0.15) is 5.10 Å². The summed E-state index contributed by atoms with van der Waals surface area (Å²) in [4.78, 5) is 9.18. The van der Waals surface area contributed by atoms with Gasteiger partial charge in [-0.05, 0) is 105 Å². The number of hydrogen-bond acceptors (Lipinski definition) is 4. The summed E-state index contributed by atoms with van der Waals surface area (Å²) >= 11 is 0. The van der Waals surface area contributed by atoms with E-state index >= 15 is 0 Å². The Morgan fingerprint density at radius 1 is 1.12 bits per heavy atom. The molecule has 2 aliphatic rings. The summed E-state index contributed by atoms with van der Waals surface area (Å²) in [5.74, 6) is 0.980. The van der Waals surface area contributed by atoms with Crippen molar-refractivity contribution in [3.05, 3.63) is 83.8 Å². The fourth-order valence-electron chi connectivity index (χ4n) is 6.40. The van der Waals surface area contributed by atoms with Crippen LogP contribution in [-0.4, -0.2) is 30.5 Å². The Balaban J connectivity index is 1.51. The van der Waals surface area contributed by atoms with Gasteiger partial charge in [0.2, 0.25) is 0 Å². The number of fused-ring (bicyclic) bond motifs is 4. The molecule has 0 radical (unpaired) electrons. The number of nitrogens with zero attached hydrogens (tertiary/aromatic N) is 4. The fraction of sp³-hybridized carbons (Fsp3) is 0.393. The zero-order valence-electron chi connectivity index (χ0n) is 19.4. The molecule has 0 spiro atoms. The Bertz CT molecular complexity index is 1330. The molecule has 2 heterocycles. The van der Waals surface area contributed by atoms with Crippen LogP contribution in [0.3, 0.4) is 0 Å². The van der Waals surface area contributed by atoms with Crippen LogP contribution in [0.5, 0.6) is 0 Å². The van der Waals surface area contributed by atoms with Gasteiger partial charge in [-0.15, -0.1) is 0 Å². The van der Waals surface area contributed by atoms with E-state index in [0.717, 1.165) is 67.4 Å². The van der Waals surface area contributed by atoms with Crippen LogP contribution >= 0.6 is 0 Å². The van der Waals surface area contributed by atoms with Gasteiger partial charge in [-0.3, -0.25) is 0 Å². The van der Waals surface area contributed by atoms with Crippen molar-refractivity contribution in [1.82, 2.24) is 19.7 Å². The number of benzene rings is 2. The predicted molar refractivity (Wildman–Crippen MR) is 129 cm³/mol. The van der Waals surface area contributed by atoms with Crippen molar-refractivity contribution in [1.29, 1.82) is 0 Å². The van der Waals surface area contributed by atoms with Gasteiger partial charge < -0.3 is 5.11 Å². The topological polar surface area (TPSA) is 63.8 Å². The van der Waals surface area contributed by atoms with E-state index in [9.17, 15) is 9.50 Å². The molecule has 2 aromatic heterocycles. The van der Waals surface area contributed by atoms with Crippen molar-refractivity contribution in [3.8, 4) is 5.69 Å². The lowest BCUT2D eigenvalue weighted by atomic mass is 9.57. The summed E-state index contributed by atoms with van der Waals surface area (Å²) in [6.45, 7) is 1.98. The van der Waals surface area contributed by atoms with E-state index in [1.807, 2.05) is 36.3 Å². The van der Waals surface area contributed by atoms with Gasteiger partial charge in [0, 0.05) is 29.6 Å². The third-order valence-corrected chi connectivity index (χ3v) is 8.07. The number of hydrogen-bond donors (Lipinski definition) is 1. The first-order chi connectivity index (χ1) is 16.4. The van der Waals surface area contributed by atoms with Gasteiger partial charge in [0.25, 0.3) is 0 Å². The molecule has 6 rings (SSSR count). The van der Waals surface area contributed by atoms with Crippen molar-refractivity contribution in [2.45, 2.75) is 62.9 Å². The van der Waals surface area contributed by atoms with Gasteiger partial charge in [0.1, 0.15) is 11.6 Å². The highest BCUT2D eigenvalue weighted by atomic mass is 19.1. The van der Waals surface area contributed by atoms with Crippen LogP contribution in [0.2, 0.25) is 0 Å². The normalized spacial score (nSPS) is 26.6. The number of aryl methyl sites for hydroxylation is 1. The highest BCUT2D eigenvalue weighted by Gasteiger charge is 2.49. The van der Waals surface area contributed by atoms with Crippen LogP contribution in [0.1, 0.15) is 56.0 Å². The molecule has 1 saturated carbocycles. The average molecular weight is 457 g/mol. The number of aromatic nitrogens is 4. The predicted octanol–water partition coefficient (Wildman–Crippen LogP) is 5.32. The van der Waals surface area contributed by atoms with Crippen LogP contribution in [-0.2, 0) is 18.3 Å². The van der Waals surface area contributed by atoms with E-state index in [0.29, 0.717) is 5.92 Å². The molecular formula is C28H29FN4O. The highest BCUT2D eigenvalue weighted by Crippen LogP contribution is 2.53. The lowest BCUT2D eigenvalue weighted by Gasteiger charge is -2.49. The lowest BCUT2D eigenvalue weighted by Crippen LogP contribution is -2.48. The Kier molecular flexibility index (Phi) is 5.03. The third kappa shape index (κ3) is 3.61. The van der Waals surface area contributed by atoms with Crippen LogP contribution in [0.4, 0.5) is 4.39 Å². The second-order valence-electron chi connectivity index (χ2n) is 10.4. The maximum atomic E-state index is 13.5. The van der Waals surface area contributed by atoms with E-state index in [-0.39, 0.29) is 11.2 Å². The molecule has 0 saturated heterocycles. The molecule has 1 fully saturated rings. The first kappa shape index (κ1) is 21.4. The van der Waals surface area contributed by atoms with E-state index in [4.69, 9.17) is 0 Å². The third-order valence-electron chi connectivity index (χ3n) is 8.07. The lowest BCUT2D eigenvalue weighted by molar-refractivity contribution is -0.0334. The van der Waals surface area contributed by atoms with Gasteiger partial charge in [-0.1, -0.05) is 0 Å². The van der Waals surface area contributed by atoms with Crippen LogP contribution in [0.25, 0.3) is 16.6 Å². The molecule has 0 bridgehead atoms. The molecule has 0 aliphatic heterocycles. The molecule has 34 heavy (non-hydrogen) atoms. The minimum atomic E-state index is -0.631. The fourth-order valence-corrected chi connectivity index (χ4v) is 6.40. The Morgan fingerprint density at radius 3 is 2.71 bits per heavy atom. The molecule has 0 amide bonds. The molecule has 3 atom stereocenters. The molecule has 4 aromatic rings. The zero-order chi connectivity index (χ0) is 23.3. The van der Waals surface area contributed by atoms with Crippen molar-refractivity contribution < 1.29 is 9.50 Å². The summed E-state index contributed by atoms with van der Waals surface area (Å²) in [5.41, 5.74) is 3.86. The Morgan fingerprint density at radius 2 is 1.91 bits per heavy atom. The maximum Gasteiger partial charge on any atom is 0.129 e. The smallest absolute Gasteiger partial charge is 0.129 e. The molecule has 5 nitrogen and oxygen atoms in total. The second kappa shape index (κ2) is 7.98. The molecule has 174 valence electrons. The molecule has 6 heteroatoms. The standard InChI is InChI=1S/C28H29FN4O/c1-27(34)10-11-28(17-26-30-12-3-13-31-26)21(16-27)5-2-4-19-15-25-20(14-24(19)28)18-32-33(25)23-8-6-22(29)7-9-23/h3,6-9,12-15,18,21,34H,2,4-5,10-11,16-17H2,1H3/t21-,27+,28-/m0/s1. The first-order valence-corrected chi connectivity index (χ1v) is 12.2. The Labute approximate surface area is 198 Å². The second-order valence-corrected chi connectivity index (χ2v) is 10.4. The first-order valence-electron chi connectivity index (χ1n) is 12.2. The van der Waals surface area contributed by atoms with Crippen molar-refractivity contribution in [2.75, 3.05) is 0 Å². The summed E-state index contributed by atoms with van der Waals surface area (Å²) in [6, 6.07) is 12.9. The molecule has 0 unspecified atom stereocenters. The summed E-state index contributed by atoms with van der Waals surface area (Å²) < 4.78 is 15.4. The maximum absolute atomic E-state index is 13.5. The molecular weight excluding hydrogens is 427 g/mol. The molecule has 1 N–H and O–H groups in total. The van der Waals surface area contributed by atoms with Crippen LogP contribution in [0, 0.1) is 11.7 Å². The number of rotatable bonds is 3. The van der Waals surface area contributed by atoms with Gasteiger partial charge in [-0.25, -0.2) is 19.0 Å². The highest BCUT2D eigenvalue weighted by molar-refractivity contribution is 5.82. The summed E-state index contributed by atoms with van der Waals surface area (Å²) in [7, 11) is 0. The van der Waals surface area contributed by atoms with E-state index in [1.165, 1.54) is 23.3 Å². The minimum Gasteiger partial charge on any atom is -0.390 e. The van der Waals surface area contributed by atoms with Gasteiger partial charge in [0.15, 0.2) is 0 Å². The van der Waals surface area contributed by atoms with Crippen molar-refractivity contribution in [3.63, 3.8) is 0 Å². The number of aliphatic hydroxyl groups is 1. The van der Waals surface area contributed by atoms with Gasteiger partial charge >= 0.3 is 0 Å². The minimum absolute atomic E-state index is 0.110. The Hall–Kier alpha value is -3.12. The monoisotopic (exact) mass is 456 g/mol. The van der Waals surface area contributed by atoms with Gasteiger partial charge in [0.05, 0.1) is 23.0 Å². The molecule has 2 aromatic carbocycles. The largest absolute Gasteiger partial charge is 0.390 e. The van der Waals surface area contributed by atoms with Crippen molar-refractivity contribution >= 4 is 10.9 Å². The SMILES string of the molecule is C[C@@]1(O)CC[C@@]2(Cc3ncccn3)c3cc4cnn(-c5ccc(F)cc5)c4cc3CCC[C@H]2C1. The van der Waals surface area contributed by atoms with E-state index in [2.05, 4.69) is 27.2 Å². The zero-order valence-corrected chi connectivity index (χ0v) is 19.4. The van der Waals surface area contributed by atoms with Crippen molar-refractivity contribution in [2.24, 2.45) is 5.92 Å². The summed E-state index contributed by atoms with van der Waals surface area (Å²) in [5, 5.41) is 16.7. The van der Waals surface area contributed by atoms with Crippen LogP contribution < -0.4 is 0 Å². The van der Waals surface area contributed by atoms with E-state index in [1.54, 1.807) is 12.1 Å². The number of halogens is 1. The quantitative estimate of drug-likeness (QED) is 0.453. The molecule has 2 aliphatic carbocycles. The van der Waals surface area contributed by atoms with E-state index < -0.39 is 5.60 Å².